The molecule has 4 aromatic rings. The summed E-state index contributed by atoms with van der Waals surface area (Å²) >= 11 is 0. The van der Waals surface area contributed by atoms with Crippen LogP contribution in [0.2, 0.25) is 0 Å². The number of hydrogen-bond acceptors (Lipinski definition) is 4. The molecule has 5 nitrogen and oxygen atoms in total. The number of halogens is 7. The van der Waals surface area contributed by atoms with Gasteiger partial charge in [0.25, 0.3) is 10.1 Å². The zero-order valence-corrected chi connectivity index (χ0v) is 19.0. The van der Waals surface area contributed by atoms with Crippen molar-refractivity contribution in [2.24, 2.45) is 0 Å². The van der Waals surface area contributed by atoms with Gasteiger partial charge in [-0.05, 0) is 47.5 Å². The van der Waals surface area contributed by atoms with Crippen molar-refractivity contribution in [3.05, 3.63) is 89.9 Å². The maximum atomic E-state index is 14.1. The van der Waals surface area contributed by atoms with Crippen molar-refractivity contribution >= 4 is 10.1 Å². The van der Waals surface area contributed by atoms with Gasteiger partial charge < -0.3 is 0 Å². The van der Waals surface area contributed by atoms with Crippen LogP contribution in [0.4, 0.5) is 30.7 Å². The fraction of sp³-hybridized carbons (Fsp3) is 0.0833. The van der Waals surface area contributed by atoms with Crippen LogP contribution in [0, 0.1) is 5.82 Å². The molecule has 0 amide bonds. The maximum absolute atomic E-state index is 14.1. The van der Waals surface area contributed by atoms with E-state index in [-0.39, 0.29) is 11.1 Å². The van der Waals surface area contributed by atoms with E-state index in [1.54, 1.807) is 0 Å². The van der Waals surface area contributed by atoms with Gasteiger partial charge in [-0.15, -0.1) is 0 Å². The fourth-order valence-electron chi connectivity index (χ4n) is 3.45. The molecule has 0 unspecified atom stereocenters. The Labute approximate surface area is 205 Å². The summed E-state index contributed by atoms with van der Waals surface area (Å²) in [4.78, 5) is 7.14. The van der Waals surface area contributed by atoms with Crippen molar-refractivity contribution in [2.45, 2.75) is 17.2 Å². The van der Waals surface area contributed by atoms with Gasteiger partial charge in [-0.2, -0.15) is 34.8 Å². The first-order valence-corrected chi connectivity index (χ1v) is 11.6. The molecule has 0 aliphatic rings. The lowest BCUT2D eigenvalue weighted by molar-refractivity contribution is -0.141. The Morgan fingerprint density at radius 2 is 1.30 bits per heavy atom. The van der Waals surface area contributed by atoms with Crippen molar-refractivity contribution in [3.8, 4) is 33.8 Å². The van der Waals surface area contributed by atoms with Gasteiger partial charge in [0, 0.05) is 11.1 Å². The van der Waals surface area contributed by atoms with Crippen LogP contribution in [-0.4, -0.2) is 22.9 Å². The van der Waals surface area contributed by atoms with E-state index in [1.807, 2.05) is 0 Å². The van der Waals surface area contributed by atoms with Crippen molar-refractivity contribution in [1.82, 2.24) is 9.97 Å². The SMILES string of the molecule is O=S(=O)(O)c1cccc(-c2cccc(-c3nc(-c4ccc(C(F)(F)F)c(F)c4)cc(C(F)(F)F)n3)c2)c1. The van der Waals surface area contributed by atoms with Crippen LogP contribution in [0.25, 0.3) is 33.8 Å². The highest BCUT2D eigenvalue weighted by Crippen LogP contribution is 2.36. The first-order valence-electron chi connectivity index (χ1n) is 10.1. The van der Waals surface area contributed by atoms with E-state index in [4.69, 9.17) is 0 Å². The van der Waals surface area contributed by atoms with Crippen molar-refractivity contribution in [3.63, 3.8) is 0 Å². The lowest BCUT2D eigenvalue weighted by Gasteiger charge is -2.13. The molecule has 0 radical (unpaired) electrons. The van der Waals surface area contributed by atoms with E-state index in [1.165, 1.54) is 36.4 Å². The summed E-state index contributed by atoms with van der Waals surface area (Å²) in [5.41, 5.74) is -3.11. The second kappa shape index (κ2) is 9.23. The first-order chi connectivity index (χ1) is 17.1. The summed E-state index contributed by atoms with van der Waals surface area (Å²) < 4.78 is 126. The molecule has 0 aliphatic heterocycles. The van der Waals surface area contributed by atoms with E-state index >= 15 is 0 Å². The van der Waals surface area contributed by atoms with Crippen LogP contribution >= 0.6 is 0 Å². The summed E-state index contributed by atoms with van der Waals surface area (Å²) in [6.45, 7) is 0. The molecule has 1 heterocycles. The molecule has 4 rings (SSSR count). The Morgan fingerprint density at radius 3 is 1.89 bits per heavy atom. The number of nitrogens with zero attached hydrogens (tertiary/aromatic N) is 2. The molecule has 0 saturated heterocycles. The molecule has 0 bridgehead atoms. The van der Waals surface area contributed by atoms with Gasteiger partial charge in [-0.1, -0.05) is 36.4 Å². The van der Waals surface area contributed by atoms with Gasteiger partial charge in [-0.25, -0.2) is 14.4 Å². The standard InChI is InChI=1S/C24H13F7N2O3S/c25-19-11-15(7-8-18(19)23(26,27)28)20-12-21(24(29,30)31)33-22(32-20)16-5-1-3-13(9-16)14-4-2-6-17(10-14)37(34,35)36/h1-12H,(H,34,35,36). The second-order valence-electron chi connectivity index (χ2n) is 7.74. The highest BCUT2D eigenvalue weighted by atomic mass is 32.2. The Bertz CT molecular complexity index is 1600. The molecule has 0 atom stereocenters. The molecular formula is C24H13F7N2O3S. The smallest absolute Gasteiger partial charge is 0.282 e. The molecule has 1 aromatic heterocycles. The summed E-state index contributed by atoms with van der Waals surface area (Å²) in [7, 11) is -4.52. The molecule has 0 aliphatic carbocycles. The molecule has 0 fully saturated rings. The molecule has 13 heteroatoms. The van der Waals surface area contributed by atoms with E-state index in [0.29, 0.717) is 29.3 Å². The van der Waals surface area contributed by atoms with Gasteiger partial charge in [0.2, 0.25) is 0 Å². The van der Waals surface area contributed by atoms with Gasteiger partial charge in [-0.3, -0.25) is 4.55 Å². The molecule has 0 saturated carbocycles. The minimum absolute atomic E-state index is 0.0505. The van der Waals surface area contributed by atoms with Gasteiger partial charge in [0.1, 0.15) is 11.5 Å². The predicted molar refractivity (Wildman–Crippen MR) is 118 cm³/mol. The van der Waals surface area contributed by atoms with E-state index < -0.39 is 56.0 Å². The third kappa shape index (κ3) is 5.78. The Kier molecular flexibility index (Phi) is 6.54. The third-order valence-electron chi connectivity index (χ3n) is 5.17. The van der Waals surface area contributed by atoms with Crippen LogP contribution < -0.4 is 0 Å². The highest BCUT2D eigenvalue weighted by molar-refractivity contribution is 7.85. The van der Waals surface area contributed by atoms with E-state index in [0.717, 1.165) is 18.2 Å². The number of benzene rings is 3. The predicted octanol–water partition coefficient (Wildman–Crippen LogP) is 6.90. The molecule has 0 spiro atoms. The average molecular weight is 542 g/mol. The zero-order valence-electron chi connectivity index (χ0n) is 18.1. The van der Waals surface area contributed by atoms with Gasteiger partial charge in [0.05, 0.1) is 16.2 Å². The molecule has 3 aromatic carbocycles. The van der Waals surface area contributed by atoms with Crippen LogP contribution in [0.1, 0.15) is 11.3 Å². The van der Waals surface area contributed by atoms with Crippen molar-refractivity contribution in [2.75, 3.05) is 0 Å². The molecule has 1 N–H and O–H groups in total. The lowest BCUT2D eigenvalue weighted by atomic mass is 10.0. The van der Waals surface area contributed by atoms with Crippen LogP contribution in [0.5, 0.6) is 0 Å². The Hall–Kier alpha value is -3.84. The summed E-state index contributed by atoms with van der Waals surface area (Å²) in [5, 5.41) is 0. The average Bonchev–Trinajstić information content (AvgIpc) is 2.82. The summed E-state index contributed by atoms with van der Waals surface area (Å²) in [6, 6.07) is 13.0. The van der Waals surface area contributed by atoms with E-state index in [9.17, 15) is 43.7 Å². The lowest BCUT2D eigenvalue weighted by Crippen LogP contribution is -2.11. The zero-order chi connectivity index (χ0) is 27.2. The van der Waals surface area contributed by atoms with Crippen LogP contribution in [0.3, 0.4) is 0 Å². The normalized spacial score (nSPS) is 12.5. The number of aromatic nitrogens is 2. The van der Waals surface area contributed by atoms with E-state index in [2.05, 4.69) is 9.97 Å². The summed E-state index contributed by atoms with van der Waals surface area (Å²) in [6.07, 6.45) is -9.96. The van der Waals surface area contributed by atoms with Crippen LogP contribution in [0.15, 0.2) is 77.7 Å². The topological polar surface area (TPSA) is 80.2 Å². The first kappa shape index (κ1) is 26.2. The van der Waals surface area contributed by atoms with Crippen molar-refractivity contribution in [1.29, 1.82) is 0 Å². The largest absolute Gasteiger partial charge is 0.433 e. The monoisotopic (exact) mass is 542 g/mol. The van der Waals surface area contributed by atoms with Crippen molar-refractivity contribution < 1.29 is 43.7 Å². The quantitative estimate of drug-likeness (QED) is 0.224. The Balaban J connectivity index is 1.85. The molecular weight excluding hydrogens is 529 g/mol. The summed E-state index contributed by atoms with van der Waals surface area (Å²) in [5.74, 6) is -2.14. The maximum Gasteiger partial charge on any atom is 0.433 e. The highest BCUT2D eigenvalue weighted by Gasteiger charge is 2.35. The van der Waals surface area contributed by atoms with Gasteiger partial charge >= 0.3 is 12.4 Å². The Morgan fingerprint density at radius 1 is 0.676 bits per heavy atom. The number of rotatable bonds is 4. The fourth-order valence-corrected chi connectivity index (χ4v) is 3.97. The molecule has 192 valence electrons. The minimum atomic E-state index is -5.00. The second-order valence-corrected chi connectivity index (χ2v) is 9.16. The minimum Gasteiger partial charge on any atom is -0.282 e. The number of alkyl halides is 6. The third-order valence-corrected chi connectivity index (χ3v) is 6.02. The van der Waals surface area contributed by atoms with Crippen LogP contribution in [-0.2, 0) is 22.5 Å². The molecule has 37 heavy (non-hydrogen) atoms. The number of hydrogen-bond donors (Lipinski definition) is 1. The van der Waals surface area contributed by atoms with Gasteiger partial charge in [0.15, 0.2) is 5.82 Å².